The van der Waals surface area contributed by atoms with E-state index in [0.717, 1.165) is 22.3 Å². The quantitative estimate of drug-likeness (QED) is 0.394. The molecular weight excluding hydrogens is 418 g/mol. The SMILES string of the molecule is O=c1c2c3nc4ccccc4nc3n(CCc3ccccc3)c2ncn1Cc1cccs1. The van der Waals surface area contributed by atoms with Crippen molar-refractivity contribution >= 4 is 44.6 Å². The lowest BCUT2D eigenvalue weighted by atomic mass is 10.1. The van der Waals surface area contributed by atoms with Gasteiger partial charge in [-0.3, -0.25) is 9.36 Å². The van der Waals surface area contributed by atoms with Crippen molar-refractivity contribution in [2.45, 2.75) is 19.5 Å². The average Bonchev–Trinajstić information content (AvgIpc) is 3.45. The first kappa shape index (κ1) is 18.9. The highest BCUT2D eigenvalue weighted by atomic mass is 32.1. The zero-order valence-corrected chi connectivity index (χ0v) is 18.0. The van der Waals surface area contributed by atoms with Crippen molar-refractivity contribution in [2.75, 3.05) is 0 Å². The van der Waals surface area contributed by atoms with Crippen molar-refractivity contribution in [3.8, 4) is 0 Å². The van der Waals surface area contributed by atoms with E-state index in [2.05, 4.69) is 12.1 Å². The van der Waals surface area contributed by atoms with Gasteiger partial charge < -0.3 is 4.57 Å². The summed E-state index contributed by atoms with van der Waals surface area (Å²) in [7, 11) is 0. The molecule has 7 heteroatoms. The number of benzene rings is 2. The van der Waals surface area contributed by atoms with Gasteiger partial charge in [-0.1, -0.05) is 48.5 Å². The third-order valence-electron chi connectivity index (χ3n) is 5.69. The van der Waals surface area contributed by atoms with Crippen LogP contribution in [0.5, 0.6) is 0 Å². The van der Waals surface area contributed by atoms with Crippen LogP contribution in [-0.2, 0) is 19.5 Å². The Kier molecular flexibility index (Phi) is 4.54. The van der Waals surface area contributed by atoms with Crippen LogP contribution in [-0.4, -0.2) is 24.1 Å². The van der Waals surface area contributed by atoms with Gasteiger partial charge in [0.15, 0.2) is 11.3 Å². The summed E-state index contributed by atoms with van der Waals surface area (Å²) in [6, 6.07) is 22.1. The van der Waals surface area contributed by atoms with E-state index >= 15 is 0 Å². The maximum absolute atomic E-state index is 13.5. The van der Waals surface area contributed by atoms with Crippen LogP contribution >= 0.6 is 11.3 Å². The highest BCUT2D eigenvalue weighted by Crippen LogP contribution is 2.25. The lowest BCUT2D eigenvalue weighted by Gasteiger charge is -2.07. The molecule has 0 saturated carbocycles. The van der Waals surface area contributed by atoms with Gasteiger partial charge in [-0.05, 0) is 35.6 Å². The van der Waals surface area contributed by atoms with Gasteiger partial charge in [0.25, 0.3) is 5.56 Å². The third-order valence-corrected chi connectivity index (χ3v) is 6.55. The van der Waals surface area contributed by atoms with E-state index in [9.17, 15) is 4.79 Å². The first-order valence-electron chi connectivity index (χ1n) is 10.5. The van der Waals surface area contributed by atoms with Crippen LogP contribution in [0.25, 0.3) is 33.2 Å². The molecule has 4 heterocycles. The molecule has 0 aliphatic rings. The molecule has 0 saturated heterocycles. The van der Waals surface area contributed by atoms with Crippen LogP contribution in [0.1, 0.15) is 10.4 Å². The van der Waals surface area contributed by atoms with Gasteiger partial charge in [0, 0.05) is 11.4 Å². The number of aryl methyl sites for hydroxylation is 2. The number of nitrogens with zero attached hydrogens (tertiary/aromatic N) is 5. The van der Waals surface area contributed by atoms with Gasteiger partial charge in [-0.25, -0.2) is 15.0 Å². The number of hydrogen-bond acceptors (Lipinski definition) is 5. The Hall–Kier alpha value is -3.84. The molecule has 0 spiro atoms. The molecule has 0 radical (unpaired) electrons. The molecule has 6 aromatic rings. The van der Waals surface area contributed by atoms with Crippen molar-refractivity contribution < 1.29 is 0 Å². The first-order chi connectivity index (χ1) is 15.8. The van der Waals surface area contributed by atoms with Crippen LogP contribution in [0.15, 0.2) is 83.2 Å². The topological polar surface area (TPSA) is 65.6 Å². The molecule has 0 fully saturated rings. The van der Waals surface area contributed by atoms with Crippen molar-refractivity contribution in [3.63, 3.8) is 0 Å². The number of rotatable bonds is 5. The van der Waals surface area contributed by atoms with E-state index in [1.165, 1.54) is 5.56 Å². The lowest BCUT2D eigenvalue weighted by Crippen LogP contribution is -2.21. The van der Waals surface area contributed by atoms with Crippen molar-refractivity contribution in [1.29, 1.82) is 0 Å². The third kappa shape index (κ3) is 3.18. The molecule has 0 atom stereocenters. The zero-order chi connectivity index (χ0) is 21.5. The molecule has 0 N–H and O–H groups in total. The van der Waals surface area contributed by atoms with Crippen LogP contribution < -0.4 is 5.56 Å². The maximum Gasteiger partial charge on any atom is 0.265 e. The Bertz CT molecular complexity index is 1620. The molecular formula is C25H19N5OS. The van der Waals surface area contributed by atoms with Crippen LogP contribution in [0.3, 0.4) is 0 Å². The van der Waals surface area contributed by atoms with E-state index in [0.29, 0.717) is 35.3 Å². The Morgan fingerprint density at radius 1 is 0.844 bits per heavy atom. The molecule has 0 aliphatic carbocycles. The molecule has 32 heavy (non-hydrogen) atoms. The van der Waals surface area contributed by atoms with E-state index in [4.69, 9.17) is 15.0 Å². The largest absolute Gasteiger partial charge is 0.308 e. The van der Waals surface area contributed by atoms with Crippen LogP contribution in [0.2, 0.25) is 0 Å². The number of fused-ring (bicyclic) bond motifs is 4. The van der Waals surface area contributed by atoms with Crippen LogP contribution in [0, 0.1) is 0 Å². The van der Waals surface area contributed by atoms with Gasteiger partial charge in [-0.2, -0.15) is 0 Å². The van der Waals surface area contributed by atoms with Gasteiger partial charge in [0.2, 0.25) is 0 Å². The fourth-order valence-corrected chi connectivity index (χ4v) is 4.82. The molecule has 0 unspecified atom stereocenters. The minimum Gasteiger partial charge on any atom is -0.308 e. The van der Waals surface area contributed by atoms with Gasteiger partial charge in [0.1, 0.15) is 17.2 Å². The average molecular weight is 438 g/mol. The van der Waals surface area contributed by atoms with Crippen molar-refractivity contribution in [3.05, 3.63) is 99.2 Å². The molecule has 2 aromatic carbocycles. The molecule has 0 amide bonds. The number of para-hydroxylation sites is 2. The maximum atomic E-state index is 13.5. The summed E-state index contributed by atoms with van der Waals surface area (Å²) in [5.74, 6) is 0. The molecule has 6 nitrogen and oxygen atoms in total. The number of thiophene rings is 1. The minimum atomic E-state index is -0.0866. The zero-order valence-electron chi connectivity index (χ0n) is 17.2. The summed E-state index contributed by atoms with van der Waals surface area (Å²) in [6.07, 6.45) is 2.45. The Balaban J connectivity index is 1.57. The summed E-state index contributed by atoms with van der Waals surface area (Å²) < 4.78 is 3.69. The standard InChI is InChI=1S/C25H19N5OS/c31-25-21-22-24(28-20-11-5-4-10-19(20)27-22)30(13-12-17-7-2-1-3-8-17)23(21)26-16-29(25)15-18-9-6-14-32-18/h1-11,14,16H,12-13,15H2. The molecule has 4 aromatic heterocycles. The summed E-state index contributed by atoms with van der Waals surface area (Å²) in [6.45, 7) is 1.16. The predicted molar refractivity (Wildman–Crippen MR) is 128 cm³/mol. The van der Waals surface area contributed by atoms with Crippen molar-refractivity contribution in [1.82, 2.24) is 24.1 Å². The number of aromatic nitrogens is 5. The highest BCUT2D eigenvalue weighted by Gasteiger charge is 2.19. The van der Waals surface area contributed by atoms with Gasteiger partial charge in [0.05, 0.1) is 17.6 Å². The first-order valence-corrected chi connectivity index (χ1v) is 11.4. The van der Waals surface area contributed by atoms with E-state index in [1.54, 1.807) is 22.2 Å². The second kappa shape index (κ2) is 7.69. The van der Waals surface area contributed by atoms with E-state index in [1.807, 2.05) is 64.5 Å². The Morgan fingerprint density at radius 3 is 2.41 bits per heavy atom. The second-order valence-corrected chi connectivity index (χ2v) is 8.76. The minimum absolute atomic E-state index is 0.0866. The fraction of sp³-hybridized carbons (Fsp3) is 0.120. The van der Waals surface area contributed by atoms with Gasteiger partial charge >= 0.3 is 0 Å². The lowest BCUT2D eigenvalue weighted by molar-refractivity contribution is 0.718. The summed E-state index contributed by atoms with van der Waals surface area (Å²) >= 11 is 1.63. The predicted octanol–water partition coefficient (Wildman–Crippen LogP) is 4.65. The summed E-state index contributed by atoms with van der Waals surface area (Å²) in [5.41, 5.74) is 4.67. The Morgan fingerprint density at radius 2 is 1.62 bits per heavy atom. The fourth-order valence-electron chi connectivity index (χ4n) is 4.12. The van der Waals surface area contributed by atoms with Gasteiger partial charge in [-0.15, -0.1) is 11.3 Å². The second-order valence-electron chi connectivity index (χ2n) is 7.73. The molecule has 6 rings (SSSR count). The molecule has 0 aliphatic heterocycles. The Labute approximate surface area is 187 Å². The van der Waals surface area contributed by atoms with E-state index < -0.39 is 0 Å². The molecule has 0 bridgehead atoms. The summed E-state index contributed by atoms with van der Waals surface area (Å²) in [5, 5.41) is 2.55. The summed E-state index contributed by atoms with van der Waals surface area (Å²) in [4.78, 5) is 29.1. The van der Waals surface area contributed by atoms with Crippen molar-refractivity contribution in [2.24, 2.45) is 0 Å². The highest BCUT2D eigenvalue weighted by molar-refractivity contribution is 7.09. The molecule has 156 valence electrons. The van der Waals surface area contributed by atoms with Crippen LogP contribution in [0.4, 0.5) is 0 Å². The van der Waals surface area contributed by atoms with E-state index in [-0.39, 0.29) is 5.56 Å². The number of hydrogen-bond donors (Lipinski definition) is 0. The monoisotopic (exact) mass is 437 g/mol. The normalized spacial score (nSPS) is 11.6. The smallest absolute Gasteiger partial charge is 0.265 e.